The van der Waals surface area contributed by atoms with Gasteiger partial charge < -0.3 is 19.1 Å². The Balaban J connectivity index is 1.91. The van der Waals surface area contributed by atoms with Crippen molar-refractivity contribution in [3.63, 3.8) is 0 Å². The van der Waals surface area contributed by atoms with Gasteiger partial charge in [-0.05, 0) is 6.42 Å². The average molecular weight is 228 g/mol. The molecular weight excluding hydrogens is 212 g/mol. The number of hydrogen-bond donors (Lipinski definition) is 1. The summed E-state index contributed by atoms with van der Waals surface area (Å²) in [5.41, 5.74) is 0. The molecule has 6 nitrogen and oxygen atoms in total. The van der Waals surface area contributed by atoms with E-state index in [2.05, 4.69) is 10.1 Å². The number of aliphatic hydroxyl groups is 1. The number of methoxy groups -OCH3 is 1. The molecule has 0 spiro atoms. The van der Waals surface area contributed by atoms with E-state index in [1.807, 2.05) is 0 Å². The third-order valence-corrected chi connectivity index (χ3v) is 2.55. The molecule has 1 fully saturated rings. The highest BCUT2D eigenvalue weighted by atomic mass is 16.5. The molecule has 1 saturated heterocycles. The molecule has 1 aromatic heterocycles. The van der Waals surface area contributed by atoms with Crippen LogP contribution < -0.4 is 0 Å². The Morgan fingerprint density at radius 3 is 3.19 bits per heavy atom. The zero-order valence-electron chi connectivity index (χ0n) is 9.26. The molecule has 1 aliphatic heterocycles. The van der Waals surface area contributed by atoms with Gasteiger partial charge in [0.1, 0.15) is 0 Å². The Kier molecular flexibility index (Phi) is 3.87. The van der Waals surface area contributed by atoms with Crippen molar-refractivity contribution in [2.45, 2.75) is 24.9 Å². The molecule has 0 amide bonds. The van der Waals surface area contributed by atoms with E-state index in [0.29, 0.717) is 24.7 Å². The molecule has 2 unspecified atom stereocenters. The highest BCUT2D eigenvalue weighted by Gasteiger charge is 2.23. The van der Waals surface area contributed by atoms with Crippen molar-refractivity contribution < 1.29 is 19.1 Å². The van der Waals surface area contributed by atoms with Crippen LogP contribution in [0.3, 0.4) is 0 Å². The first-order chi connectivity index (χ1) is 7.79. The van der Waals surface area contributed by atoms with Crippen LogP contribution in [0.1, 0.15) is 24.1 Å². The quantitative estimate of drug-likeness (QED) is 0.771. The fourth-order valence-corrected chi connectivity index (χ4v) is 1.71. The molecule has 6 heteroatoms. The first-order valence-corrected chi connectivity index (χ1v) is 5.37. The summed E-state index contributed by atoms with van der Waals surface area (Å²) in [4.78, 5) is 4.24. The van der Waals surface area contributed by atoms with Crippen molar-refractivity contribution >= 4 is 0 Å². The second-order valence-corrected chi connectivity index (χ2v) is 3.92. The molecule has 16 heavy (non-hydrogen) atoms. The van der Waals surface area contributed by atoms with Gasteiger partial charge in [-0.1, -0.05) is 5.16 Å². The number of aliphatic hydroxyl groups excluding tert-OH is 1. The predicted octanol–water partition coefficient (Wildman–Crippen LogP) is 0.123. The Hall–Kier alpha value is -0.980. The Morgan fingerprint density at radius 2 is 2.50 bits per heavy atom. The lowest BCUT2D eigenvalue weighted by molar-refractivity contribution is 0.0599. The van der Waals surface area contributed by atoms with Crippen LogP contribution >= 0.6 is 0 Å². The maximum atomic E-state index is 9.50. The second-order valence-electron chi connectivity index (χ2n) is 3.92. The lowest BCUT2D eigenvalue weighted by Crippen LogP contribution is -2.17. The van der Waals surface area contributed by atoms with Crippen LogP contribution in [0.5, 0.6) is 0 Å². The lowest BCUT2D eigenvalue weighted by atomic mass is 10.1. The molecule has 2 heterocycles. The van der Waals surface area contributed by atoms with Crippen LogP contribution in [-0.4, -0.2) is 48.3 Å². The van der Waals surface area contributed by atoms with Crippen LogP contribution in [-0.2, 0) is 15.9 Å². The zero-order chi connectivity index (χ0) is 11.4. The maximum absolute atomic E-state index is 9.50. The minimum Gasteiger partial charge on any atom is -0.390 e. The van der Waals surface area contributed by atoms with E-state index >= 15 is 0 Å². The standard InChI is InChI=1S/C10H16N2O4/c1-14-6-8(13)4-9-11-10(12-16-9)7-2-3-15-5-7/h7-8,13H,2-6H2,1H3. The van der Waals surface area contributed by atoms with E-state index in [-0.39, 0.29) is 12.5 Å². The SMILES string of the molecule is COCC(O)Cc1nc(C2CCOC2)no1. The summed E-state index contributed by atoms with van der Waals surface area (Å²) in [5.74, 6) is 1.36. The third kappa shape index (κ3) is 2.78. The van der Waals surface area contributed by atoms with E-state index in [1.165, 1.54) is 0 Å². The molecule has 1 N–H and O–H groups in total. The van der Waals surface area contributed by atoms with Crippen molar-refractivity contribution in [1.82, 2.24) is 10.1 Å². The van der Waals surface area contributed by atoms with Gasteiger partial charge in [0, 0.05) is 19.6 Å². The van der Waals surface area contributed by atoms with E-state index in [0.717, 1.165) is 13.0 Å². The number of rotatable bonds is 5. The summed E-state index contributed by atoms with van der Waals surface area (Å²) in [7, 11) is 1.54. The first kappa shape index (κ1) is 11.5. The number of aromatic nitrogens is 2. The molecule has 0 bridgehead atoms. The fourth-order valence-electron chi connectivity index (χ4n) is 1.71. The van der Waals surface area contributed by atoms with Crippen molar-refractivity contribution in [3.8, 4) is 0 Å². The van der Waals surface area contributed by atoms with Gasteiger partial charge in [0.2, 0.25) is 5.89 Å². The first-order valence-electron chi connectivity index (χ1n) is 5.37. The van der Waals surface area contributed by atoms with Gasteiger partial charge in [-0.15, -0.1) is 0 Å². The zero-order valence-corrected chi connectivity index (χ0v) is 9.26. The van der Waals surface area contributed by atoms with Gasteiger partial charge in [0.25, 0.3) is 0 Å². The second kappa shape index (κ2) is 5.38. The number of nitrogens with zero attached hydrogens (tertiary/aromatic N) is 2. The van der Waals surface area contributed by atoms with E-state index in [1.54, 1.807) is 7.11 Å². The van der Waals surface area contributed by atoms with Gasteiger partial charge in [-0.3, -0.25) is 0 Å². The van der Waals surface area contributed by atoms with Gasteiger partial charge >= 0.3 is 0 Å². The van der Waals surface area contributed by atoms with Crippen LogP contribution in [0, 0.1) is 0 Å². The minimum atomic E-state index is -0.599. The van der Waals surface area contributed by atoms with Gasteiger partial charge in [-0.25, -0.2) is 0 Å². The van der Waals surface area contributed by atoms with Crippen molar-refractivity contribution in [2.75, 3.05) is 26.9 Å². The molecule has 0 saturated carbocycles. The summed E-state index contributed by atoms with van der Waals surface area (Å²) in [6.45, 7) is 1.67. The minimum absolute atomic E-state index is 0.233. The molecule has 2 atom stereocenters. The van der Waals surface area contributed by atoms with Crippen LogP contribution in [0.4, 0.5) is 0 Å². The highest BCUT2D eigenvalue weighted by molar-refractivity contribution is 4.98. The van der Waals surface area contributed by atoms with Crippen molar-refractivity contribution in [1.29, 1.82) is 0 Å². The van der Waals surface area contributed by atoms with E-state index in [4.69, 9.17) is 14.0 Å². The summed E-state index contributed by atoms with van der Waals surface area (Å²) in [5, 5.41) is 13.4. The van der Waals surface area contributed by atoms with Gasteiger partial charge in [0.15, 0.2) is 5.82 Å². The molecule has 1 aliphatic rings. The molecule has 0 aromatic carbocycles. The Labute approximate surface area is 93.6 Å². The summed E-state index contributed by atoms with van der Waals surface area (Å²) in [6.07, 6.45) is 0.659. The molecular formula is C10H16N2O4. The van der Waals surface area contributed by atoms with Gasteiger partial charge in [0.05, 0.1) is 25.7 Å². The summed E-state index contributed by atoms with van der Waals surface area (Å²) >= 11 is 0. The highest BCUT2D eigenvalue weighted by Crippen LogP contribution is 2.22. The van der Waals surface area contributed by atoms with Crippen LogP contribution in [0.25, 0.3) is 0 Å². The summed E-state index contributed by atoms with van der Waals surface area (Å²) in [6, 6.07) is 0. The van der Waals surface area contributed by atoms with Crippen molar-refractivity contribution in [3.05, 3.63) is 11.7 Å². The average Bonchev–Trinajstić information content (AvgIpc) is 2.86. The Morgan fingerprint density at radius 1 is 1.62 bits per heavy atom. The van der Waals surface area contributed by atoms with E-state index in [9.17, 15) is 5.11 Å². The van der Waals surface area contributed by atoms with Gasteiger partial charge in [-0.2, -0.15) is 4.98 Å². The Bertz CT molecular complexity index is 322. The predicted molar refractivity (Wildman–Crippen MR) is 54.1 cm³/mol. The van der Waals surface area contributed by atoms with Crippen molar-refractivity contribution in [2.24, 2.45) is 0 Å². The fraction of sp³-hybridized carbons (Fsp3) is 0.800. The molecule has 1 aromatic rings. The molecule has 2 rings (SSSR count). The molecule has 0 radical (unpaired) electrons. The summed E-state index contributed by atoms with van der Waals surface area (Å²) < 4.78 is 15.1. The molecule has 90 valence electrons. The molecule has 0 aliphatic carbocycles. The monoisotopic (exact) mass is 228 g/mol. The number of hydrogen-bond acceptors (Lipinski definition) is 6. The third-order valence-electron chi connectivity index (χ3n) is 2.55. The van der Waals surface area contributed by atoms with Crippen LogP contribution in [0.2, 0.25) is 0 Å². The van der Waals surface area contributed by atoms with E-state index < -0.39 is 6.10 Å². The number of ether oxygens (including phenoxy) is 2. The normalized spacial score (nSPS) is 22.5. The van der Waals surface area contributed by atoms with Crippen LogP contribution in [0.15, 0.2) is 4.52 Å². The topological polar surface area (TPSA) is 77.6 Å². The largest absolute Gasteiger partial charge is 0.390 e. The maximum Gasteiger partial charge on any atom is 0.229 e. The smallest absolute Gasteiger partial charge is 0.229 e. The lowest BCUT2D eigenvalue weighted by Gasteiger charge is -2.04.